The summed E-state index contributed by atoms with van der Waals surface area (Å²) in [6.07, 6.45) is -3.98. The van der Waals surface area contributed by atoms with Crippen LogP contribution in [0.2, 0.25) is 0 Å². The first-order valence-corrected chi connectivity index (χ1v) is 15.7. The molecule has 11 nitrogen and oxygen atoms in total. The molecule has 0 aromatic carbocycles. The van der Waals surface area contributed by atoms with Crippen LogP contribution in [0.4, 0.5) is 0 Å². The van der Waals surface area contributed by atoms with Gasteiger partial charge in [0.15, 0.2) is 6.29 Å². The van der Waals surface area contributed by atoms with Gasteiger partial charge in [0.25, 0.3) is 0 Å². The Hall–Kier alpha value is -1.47. The molecule has 0 saturated carbocycles. The molecule has 2 heterocycles. The van der Waals surface area contributed by atoms with Crippen molar-refractivity contribution in [2.75, 3.05) is 21.2 Å². The van der Waals surface area contributed by atoms with Crippen LogP contribution in [0.5, 0.6) is 0 Å². The molecule has 43 heavy (non-hydrogen) atoms. The van der Waals surface area contributed by atoms with Crippen LogP contribution in [-0.2, 0) is 33.3 Å². The van der Waals surface area contributed by atoms with E-state index in [9.17, 15) is 29.7 Å². The van der Waals surface area contributed by atoms with Crippen LogP contribution in [-0.4, -0.2) is 114 Å². The summed E-state index contributed by atoms with van der Waals surface area (Å²) in [4.78, 5) is 41.0. The van der Waals surface area contributed by atoms with Crippen molar-refractivity contribution in [3.8, 4) is 0 Å². The maximum Gasteiger partial charge on any atom is 0.311 e. The summed E-state index contributed by atoms with van der Waals surface area (Å²) in [6.45, 7) is 13.6. The topological polar surface area (TPSA) is 152 Å². The zero-order chi connectivity index (χ0) is 33.0. The molecular formula is C32H57NO10. The highest BCUT2D eigenvalue weighted by Gasteiger charge is 2.52. The number of aliphatic hydroxyl groups excluding tert-OH is 2. The Morgan fingerprint density at radius 2 is 1.65 bits per heavy atom. The van der Waals surface area contributed by atoms with Gasteiger partial charge in [0.05, 0.1) is 29.8 Å². The maximum atomic E-state index is 13.9. The van der Waals surface area contributed by atoms with E-state index in [4.69, 9.17) is 18.9 Å². The highest BCUT2D eigenvalue weighted by molar-refractivity contribution is 5.83. The molecule has 2 aliphatic rings. The molecule has 11 heteroatoms. The molecule has 0 radical (unpaired) electrons. The van der Waals surface area contributed by atoms with Gasteiger partial charge in [-0.25, -0.2) is 0 Å². The lowest BCUT2D eigenvalue weighted by atomic mass is 9.69. The van der Waals surface area contributed by atoms with Crippen LogP contribution in [0, 0.1) is 29.6 Å². The largest absolute Gasteiger partial charge is 0.459 e. The number of aliphatic hydroxyl groups is 3. The summed E-state index contributed by atoms with van der Waals surface area (Å²) in [5.41, 5.74) is -2.88. The first kappa shape index (κ1) is 37.7. The summed E-state index contributed by atoms with van der Waals surface area (Å²) >= 11 is 0. The van der Waals surface area contributed by atoms with Crippen LogP contribution in [0.1, 0.15) is 81.1 Å². The van der Waals surface area contributed by atoms with Crippen molar-refractivity contribution < 1.29 is 48.7 Å². The highest BCUT2D eigenvalue weighted by Crippen LogP contribution is 2.41. The van der Waals surface area contributed by atoms with Crippen LogP contribution < -0.4 is 0 Å². The Balaban J connectivity index is 2.65. The molecule has 2 saturated heterocycles. The standard InChI is InChI=1S/C32H57NO10/c1-12-24-32(8,39)22(13-14-34)19(4)25(35)17(2)16-31(7,40-11)28(20(5)26(36)21(6)29(38)42-24)43-30-27(37)23(33(9)10)15-18(3)41-30/h14,17-24,26-28,30,36-37,39H,12-13,15-16H2,1-11H3/t17-,18-,19?,20-,21-,22+,23+,24-,26+,27-,28-,30+,31-,32+/m1/s1. The second kappa shape index (κ2) is 15.2. The van der Waals surface area contributed by atoms with E-state index < -0.39 is 77.5 Å². The van der Waals surface area contributed by atoms with Crippen molar-refractivity contribution in [3.05, 3.63) is 0 Å². The van der Waals surface area contributed by atoms with Gasteiger partial charge in [0, 0.05) is 43.2 Å². The first-order chi connectivity index (χ1) is 19.9. The molecule has 250 valence electrons. The van der Waals surface area contributed by atoms with Gasteiger partial charge in [0.2, 0.25) is 0 Å². The Kier molecular flexibility index (Phi) is 13.3. The third kappa shape index (κ3) is 8.23. The van der Waals surface area contributed by atoms with Gasteiger partial charge >= 0.3 is 5.97 Å². The lowest BCUT2D eigenvalue weighted by molar-refractivity contribution is -0.301. The van der Waals surface area contributed by atoms with Gasteiger partial charge in [-0.15, -0.1) is 0 Å². The normalized spacial score (nSPS) is 45.8. The predicted molar refractivity (Wildman–Crippen MR) is 160 cm³/mol. The van der Waals surface area contributed by atoms with Crippen molar-refractivity contribution in [1.82, 2.24) is 4.90 Å². The fourth-order valence-corrected chi connectivity index (χ4v) is 7.22. The molecule has 14 atom stereocenters. The van der Waals surface area contributed by atoms with E-state index >= 15 is 0 Å². The van der Waals surface area contributed by atoms with Crippen molar-refractivity contribution >= 4 is 18.0 Å². The van der Waals surface area contributed by atoms with Crippen molar-refractivity contribution in [2.45, 2.75) is 135 Å². The number of hydrogen-bond acceptors (Lipinski definition) is 11. The van der Waals surface area contributed by atoms with Gasteiger partial charge in [-0.1, -0.05) is 27.7 Å². The lowest BCUT2D eigenvalue weighted by Crippen LogP contribution is -2.60. The number of methoxy groups -OCH3 is 1. The van der Waals surface area contributed by atoms with Crippen LogP contribution in [0.3, 0.4) is 0 Å². The highest BCUT2D eigenvalue weighted by atomic mass is 16.7. The quantitative estimate of drug-likeness (QED) is 0.286. The van der Waals surface area contributed by atoms with Gasteiger partial charge in [0.1, 0.15) is 29.9 Å². The number of esters is 1. The number of aldehydes is 1. The van der Waals surface area contributed by atoms with Crippen molar-refractivity contribution in [1.29, 1.82) is 0 Å². The summed E-state index contributed by atoms with van der Waals surface area (Å²) in [5.74, 6) is -4.87. The summed E-state index contributed by atoms with van der Waals surface area (Å²) < 4.78 is 24.5. The smallest absolute Gasteiger partial charge is 0.311 e. The zero-order valence-corrected chi connectivity index (χ0v) is 28.0. The molecule has 2 aliphatic heterocycles. The average molecular weight is 616 g/mol. The van der Waals surface area contributed by atoms with Gasteiger partial charge < -0.3 is 44.0 Å². The van der Waals surface area contributed by atoms with Crippen molar-refractivity contribution in [3.63, 3.8) is 0 Å². The molecule has 3 N–H and O–H groups in total. The minimum absolute atomic E-state index is 0.106. The van der Waals surface area contributed by atoms with Gasteiger partial charge in [-0.05, 0) is 61.1 Å². The minimum Gasteiger partial charge on any atom is -0.459 e. The molecule has 0 aromatic heterocycles. The molecular weight excluding hydrogens is 558 g/mol. The summed E-state index contributed by atoms with van der Waals surface area (Å²) in [7, 11) is 5.24. The fraction of sp³-hybridized carbons (Fsp3) is 0.906. The number of ether oxygens (including phenoxy) is 4. The molecule has 1 unspecified atom stereocenters. The molecule has 2 rings (SSSR count). The third-order valence-corrected chi connectivity index (χ3v) is 10.2. The number of carbonyl (C=O) groups is 3. The van der Waals surface area contributed by atoms with Crippen LogP contribution >= 0.6 is 0 Å². The number of hydrogen-bond donors (Lipinski definition) is 3. The zero-order valence-electron chi connectivity index (χ0n) is 28.0. The van der Waals surface area contributed by atoms with Crippen LogP contribution in [0.25, 0.3) is 0 Å². The Bertz CT molecular complexity index is 943. The summed E-state index contributed by atoms with van der Waals surface area (Å²) in [5, 5.41) is 34.5. The van der Waals surface area contributed by atoms with E-state index in [2.05, 4.69) is 0 Å². The van der Waals surface area contributed by atoms with Crippen molar-refractivity contribution in [2.24, 2.45) is 29.6 Å². The van der Waals surface area contributed by atoms with E-state index in [1.165, 1.54) is 14.0 Å². The molecule has 0 aliphatic carbocycles. The number of cyclic esters (lactones) is 1. The van der Waals surface area contributed by atoms with Crippen LogP contribution in [0.15, 0.2) is 0 Å². The van der Waals surface area contributed by atoms with Gasteiger partial charge in [-0.2, -0.15) is 0 Å². The number of likely N-dealkylation sites (N-methyl/N-ethyl adjacent to an activating group) is 1. The van der Waals surface area contributed by atoms with Gasteiger partial charge in [-0.3, -0.25) is 9.59 Å². The Labute approximate surface area is 257 Å². The SMILES string of the molecule is CC[C@H]1OC(=O)[C@H](C)[C@@H](O)[C@@H](C)[C@@H](O[C@@H]2O[C@H](C)C[C@H](N(C)C)[C@H]2O)[C@](C)(OC)C[C@@H](C)C(=O)C(C)[C@H](CC=O)[C@]1(C)O. The Morgan fingerprint density at radius 3 is 2.16 bits per heavy atom. The third-order valence-electron chi connectivity index (χ3n) is 10.2. The number of Topliss-reactive ketones (excluding diaryl/α,β-unsaturated/α-hetero) is 1. The maximum absolute atomic E-state index is 13.9. The lowest BCUT2D eigenvalue weighted by Gasteiger charge is -2.48. The number of carbonyl (C=O) groups excluding carboxylic acids is 3. The second-order valence-corrected chi connectivity index (χ2v) is 13.6. The van der Waals surface area contributed by atoms with E-state index in [-0.39, 0.29) is 37.2 Å². The molecule has 0 spiro atoms. The molecule has 2 fully saturated rings. The molecule has 0 aromatic rings. The van der Waals surface area contributed by atoms with E-state index in [1.807, 2.05) is 25.9 Å². The Morgan fingerprint density at radius 1 is 1.05 bits per heavy atom. The van der Waals surface area contributed by atoms with E-state index in [1.54, 1.807) is 41.5 Å². The number of rotatable bonds is 7. The molecule has 0 amide bonds. The second-order valence-electron chi connectivity index (χ2n) is 13.6. The molecule has 0 bridgehead atoms. The summed E-state index contributed by atoms with van der Waals surface area (Å²) in [6, 6.07) is -0.245. The number of ketones is 1. The fourth-order valence-electron chi connectivity index (χ4n) is 7.22. The van der Waals surface area contributed by atoms with E-state index in [0.29, 0.717) is 12.7 Å². The minimum atomic E-state index is -1.69. The average Bonchev–Trinajstić information content (AvgIpc) is 2.95. The number of nitrogens with zero attached hydrogens (tertiary/aromatic N) is 1. The first-order valence-electron chi connectivity index (χ1n) is 15.7. The monoisotopic (exact) mass is 615 g/mol. The van der Waals surface area contributed by atoms with E-state index in [0.717, 1.165) is 0 Å². The predicted octanol–water partition coefficient (Wildman–Crippen LogP) is 2.36.